The van der Waals surface area contributed by atoms with Gasteiger partial charge in [0.25, 0.3) is 0 Å². The number of Topliss-reactive ketones (excluding diaryl/α,β-unsaturated/α-hetero) is 1. The van der Waals surface area contributed by atoms with Crippen LogP contribution in [0.15, 0.2) is 24.3 Å². The van der Waals surface area contributed by atoms with Crippen molar-refractivity contribution < 1.29 is 14.0 Å². The molecule has 0 radical (unpaired) electrons. The third-order valence-electron chi connectivity index (χ3n) is 4.82. The van der Waals surface area contributed by atoms with E-state index in [1.54, 1.807) is 12.1 Å². The minimum Gasteiger partial charge on any atom is -0.361 e. The van der Waals surface area contributed by atoms with Crippen LogP contribution in [0.3, 0.4) is 0 Å². The maximum absolute atomic E-state index is 13.1. The fraction of sp³-hybridized carbons (Fsp3) is 0.556. The summed E-state index contributed by atoms with van der Waals surface area (Å²) < 4.78 is 13.1. The molecule has 1 aliphatic rings. The molecule has 0 amide bonds. The molecule has 0 unspecified atom stereocenters. The Morgan fingerprint density at radius 3 is 2.35 bits per heavy atom. The Morgan fingerprint density at radius 1 is 1.30 bits per heavy atom. The summed E-state index contributed by atoms with van der Waals surface area (Å²) in [5, 5.41) is 0. The molecule has 124 valence electrons. The second kappa shape index (κ2) is 6.73. The van der Waals surface area contributed by atoms with Crippen LogP contribution in [0.2, 0.25) is 0 Å². The van der Waals surface area contributed by atoms with Crippen molar-refractivity contribution in [3.63, 3.8) is 0 Å². The first-order valence-corrected chi connectivity index (χ1v) is 7.98. The summed E-state index contributed by atoms with van der Waals surface area (Å²) in [7, 11) is 0. The molecule has 1 aromatic rings. The largest absolute Gasteiger partial charge is 0.361 e. The van der Waals surface area contributed by atoms with Crippen LogP contribution in [-0.2, 0) is 11.2 Å². The quantitative estimate of drug-likeness (QED) is 0.487. The SMILES string of the molecule is CC(C)(C)N1CCC(Cc2ccc(F)cc2)(C(=O)C=[N+]=[N-])CC1. The van der Waals surface area contributed by atoms with Gasteiger partial charge in [0, 0.05) is 11.0 Å². The van der Waals surface area contributed by atoms with Crippen molar-refractivity contribution in [2.75, 3.05) is 13.1 Å². The van der Waals surface area contributed by atoms with Gasteiger partial charge >= 0.3 is 6.21 Å². The zero-order chi connectivity index (χ0) is 17.1. The molecule has 1 aliphatic heterocycles. The number of hydrogen-bond acceptors (Lipinski definition) is 2. The second-order valence-electron chi connectivity index (χ2n) is 7.35. The molecular weight excluding hydrogens is 293 g/mol. The van der Waals surface area contributed by atoms with Gasteiger partial charge < -0.3 is 5.53 Å². The molecule has 1 aromatic carbocycles. The lowest BCUT2D eigenvalue weighted by atomic mass is 9.70. The minimum atomic E-state index is -0.578. The topological polar surface area (TPSA) is 56.7 Å². The molecule has 0 aliphatic carbocycles. The highest BCUT2D eigenvalue weighted by Gasteiger charge is 2.43. The maximum atomic E-state index is 13.1. The van der Waals surface area contributed by atoms with Gasteiger partial charge in [-0.2, -0.15) is 4.79 Å². The van der Waals surface area contributed by atoms with E-state index >= 15 is 0 Å². The van der Waals surface area contributed by atoms with E-state index in [1.165, 1.54) is 12.1 Å². The molecule has 1 heterocycles. The van der Waals surface area contributed by atoms with Crippen molar-refractivity contribution in [2.24, 2.45) is 5.41 Å². The summed E-state index contributed by atoms with van der Waals surface area (Å²) in [6.07, 6.45) is 2.95. The summed E-state index contributed by atoms with van der Waals surface area (Å²) in [6.45, 7) is 8.12. The summed E-state index contributed by atoms with van der Waals surface area (Å²) in [5.74, 6) is -0.438. The molecular formula is C18H24FN3O. The highest BCUT2D eigenvalue weighted by molar-refractivity contribution is 6.27. The molecule has 1 fully saturated rings. The van der Waals surface area contributed by atoms with Crippen LogP contribution in [0.1, 0.15) is 39.2 Å². The first-order valence-electron chi connectivity index (χ1n) is 7.98. The van der Waals surface area contributed by atoms with E-state index in [2.05, 4.69) is 30.5 Å². The smallest absolute Gasteiger partial charge is 0.323 e. The number of likely N-dealkylation sites (tertiary alicyclic amines) is 1. The molecule has 23 heavy (non-hydrogen) atoms. The third kappa shape index (κ3) is 4.12. The van der Waals surface area contributed by atoms with Gasteiger partial charge in [-0.3, -0.25) is 9.69 Å². The number of hydrogen-bond donors (Lipinski definition) is 0. The fourth-order valence-corrected chi connectivity index (χ4v) is 3.30. The van der Waals surface area contributed by atoms with Gasteiger partial charge in [0.15, 0.2) is 0 Å². The Hall–Kier alpha value is -1.84. The van der Waals surface area contributed by atoms with Crippen molar-refractivity contribution in [2.45, 2.75) is 45.6 Å². The lowest BCUT2D eigenvalue weighted by Crippen LogP contribution is -2.52. The molecule has 1 saturated heterocycles. The number of rotatable bonds is 4. The molecule has 0 bridgehead atoms. The molecule has 2 rings (SSSR count). The lowest BCUT2D eigenvalue weighted by Gasteiger charge is -2.45. The van der Waals surface area contributed by atoms with Crippen molar-refractivity contribution in [3.8, 4) is 0 Å². The average Bonchev–Trinajstić information content (AvgIpc) is 2.49. The van der Waals surface area contributed by atoms with Crippen LogP contribution in [0, 0.1) is 11.2 Å². The summed E-state index contributed by atoms with van der Waals surface area (Å²) >= 11 is 0. The van der Waals surface area contributed by atoms with Crippen molar-refractivity contribution in [3.05, 3.63) is 41.2 Å². The summed E-state index contributed by atoms with van der Waals surface area (Å²) in [4.78, 5) is 17.8. The molecule has 0 atom stereocenters. The monoisotopic (exact) mass is 317 g/mol. The van der Waals surface area contributed by atoms with Gasteiger partial charge in [-0.05, 0) is 70.8 Å². The fourth-order valence-electron chi connectivity index (χ4n) is 3.30. The van der Waals surface area contributed by atoms with Crippen LogP contribution in [-0.4, -0.2) is 40.3 Å². The van der Waals surface area contributed by atoms with Gasteiger partial charge in [-0.25, -0.2) is 4.39 Å². The van der Waals surface area contributed by atoms with Crippen molar-refractivity contribution in [1.82, 2.24) is 4.90 Å². The van der Waals surface area contributed by atoms with E-state index in [9.17, 15) is 9.18 Å². The number of carbonyl (C=O) groups is 1. The minimum absolute atomic E-state index is 0.0656. The van der Waals surface area contributed by atoms with Crippen LogP contribution < -0.4 is 0 Å². The first kappa shape index (κ1) is 17.5. The Balaban J connectivity index is 2.23. The van der Waals surface area contributed by atoms with E-state index in [0.717, 1.165) is 24.9 Å². The van der Waals surface area contributed by atoms with Gasteiger partial charge in [0.05, 0.1) is 0 Å². The highest BCUT2D eigenvalue weighted by atomic mass is 19.1. The number of ketones is 1. The zero-order valence-electron chi connectivity index (χ0n) is 14.1. The van der Waals surface area contributed by atoms with E-state index in [-0.39, 0.29) is 17.1 Å². The van der Waals surface area contributed by atoms with E-state index < -0.39 is 5.41 Å². The number of nitrogens with zero attached hydrogens (tertiary/aromatic N) is 3. The maximum Gasteiger partial charge on any atom is 0.323 e. The molecule has 5 heteroatoms. The molecule has 0 spiro atoms. The van der Waals surface area contributed by atoms with Gasteiger partial charge in [-0.1, -0.05) is 12.1 Å². The van der Waals surface area contributed by atoms with Crippen LogP contribution >= 0.6 is 0 Å². The normalized spacial score (nSPS) is 18.3. The number of carbonyl (C=O) groups excluding carboxylic acids is 1. The summed E-state index contributed by atoms with van der Waals surface area (Å²) in [6, 6.07) is 6.27. The number of piperidine rings is 1. The van der Waals surface area contributed by atoms with Crippen LogP contribution in [0.25, 0.3) is 5.53 Å². The third-order valence-corrected chi connectivity index (χ3v) is 4.82. The van der Waals surface area contributed by atoms with Gasteiger partial charge in [0.1, 0.15) is 5.82 Å². The van der Waals surface area contributed by atoms with Crippen molar-refractivity contribution >= 4 is 12.0 Å². The Bertz CT molecular complexity index is 604. The Kier molecular flexibility index (Phi) is 5.12. The Labute approximate surface area is 136 Å². The predicted molar refractivity (Wildman–Crippen MR) is 87.8 cm³/mol. The molecule has 0 aromatic heterocycles. The number of halogens is 1. The molecule has 0 saturated carbocycles. The standard InChI is InChI=1S/C18H24FN3O/c1-17(2,3)22-10-8-18(9-11-22,16(23)13-21-20)12-14-4-6-15(19)7-5-14/h4-7,13H,8-12H2,1-3H3. The van der Waals surface area contributed by atoms with E-state index in [1.807, 2.05) is 0 Å². The van der Waals surface area contributed by atoms with E-state index in [4.69, 9.17) is 5.53 Å². The predicted octanol–water partition coefficient (Wildman–Crippen LogP) is 3.12. The molecule has 4 nitrogen and oxygen atoms in total. The summed E-state index contributed by atoms with van der Waals surface area (Å²) in [5.41, 5.74) is 9.17. The van der Waals surface area contributed by atoms with E-state index in [0.29, 0.717) is 19.3 Å². The second-order valence-corrected chi connectivity index (χ2v) is 7.35. The Morgan fingerprint density at radius 2 is 1.87 bits per heavy atom. The first-order chi connectivity index (χ1) is 10.8. The van der Waals surface area contributed by atoms with Crippen LogP contribution in [0.5, 0.6) is 0 Å². The molecule has 0 N–H and O–H groups in total. The number of benzene rings is 1. The zero-order valence-corrected chi connectivity index (χ0v) is 14.1. The highest BCUT2D eigenvalue weighted by Crippen LogP contribution is 2.37. The lowest BCUT2D eigenvalue weighted by molar-refractivity contribution is -0.128. The van der Waals surface area contributed by atoms with Gasteiger partial charge in [0.2, 0.25) is 5.78 Å². The van der Waals surface area contributed by atoms with Crippen LogP contribution in [0.4, 0.5) is 4.39 Å². The van der Waals surface area contributed by atoms with Gasteiger partial charge in [-0.15, -0.1) is 0 Å². The van der Waals surface area contributed by atoms with Crippen molar-refractivity contribution in [1.29, 1.82) is 0 Å². The average molecular weight is 317 g/mol.